The fourth-order valence-corrected chi connectivity index (χ4v) is 1.14. The van der Waals surface area contributed by atoms with E-state index in [1.165, 1.54) is 6.42 Å². The van der Waals surface area contributed by atoms with E-state index in [4.69, 9.17) is 4.74 Å². The second-order valence-corrected chi connectivity index (χ2v) is 3.35. The third-order valence-corrected chi connectivity index (χ3v) is 2.01. The normalized spacial score (nSPS) is 10.1. The number of rotatable bonds is 11. The van der Waals surface area contributed by atoms with Crippen LogP contribution in [0.4, 0.5) is 0 Å². The van der Waals surface area contributed by atoms with Crippen LogP contribution < -0.4 is 0 Å². The molecule has 0 unspecified atom stereocenters. The van der Waals surface area contributed by atoms with Gasteiger partial charge < -0.3 is 9.47 Å². The molecule has 0 saturated carbocycles. The summed E-state index contributed by atoms with van der Waals surface area (Å²) in [4.78, 5) is 9.80. The first-order chi connectivity index (χ1) is 6.91. The molecule has 0 spiro atoms. The van der Waals surface area contributed by atoms with Gasteiger partial charge in [-0.05, 0) is 25.7 Å². The molecule has 0 aromatic rings. The summed E-state index contributed by atoms with van der Waals surface area (Å²) in [7, 11) is 0. The molecule has 0 radical (unpaired) electrons. The van der Waals surface area contributed by atoms with Gasteiger partial charge in [-0.15, -0.1) is 0 Å². The fourth-order valence-electron chi connectivity index (χ4n) is 1.14. The standard InChI is InChI=1S/C11H22O3/c1-2-3-8-13-9-6-4-5-7-10-14-11-12/h11H,2-10H2,1H3. The maximum Gasteiger partial charge on any atom is 0.293 e. The van der Waals surface area contributed by atoms with Gasteiger partial charge in [0.05, 0.1) is 6.61 Å². The lowest BCUT2D eigenvalue weighted by Gasteiger charge is -2.02. The molecule has 3 nitrogen and oxygen atoms in total. The molecule has 0 aliphatic rings. The monoisotopic (exact) mass is 202 g/mol. The summed E-state index contributed by atoms with van der Waals surface area (Å²) in [6.07, 6.45) is 6.72. The van der Waals surface area contributed by atoms with E-state index in [0.717, 1.165) is 45.3 Å². The van der Waals surface area contributed by atoms with Crippen molar-refractivity contribution in [3.63, 3.8) is 0 Å². The second kappa shape index (κ2) is 12.4. The smallest absolute Gasteiger partial charge is 0.293 e. The Balaban J connectivity index is 2.81. The molecular weight excluding hydrogens is 180 g/mol. The van der Waals surface area contributed by atoms with E-state index in [1.54, 1.807) is 0 Å². The molecular formula is C11H22O3. The zero-order valence-electron chi connectivity index (χ0n) is 9.17. The minimum absolute atomic E-state index is 0.508. The average molecular weight is 202 g/mol. The van der Waals surface area contributed by atoms with Crippen molar-refractivity contribution in [3.05, 3.63) is 0 Å². The van der Waals surface area contributed by atoms with E-state index in [-0.39, 0.29) is 0 Å². The van der Waals surface area contributed by atoms with Crippen LogP contribution in [0.5, 0.6) is 0 Å². The van der Waals surface area contributed by atoms with Crippen molar-refractivity contribution < 1.29 is 14.3 Å². The van der Waals surface area contributed by atoms with E-state index in [0.29, 0.717) is 13.1 Å². The van der Waals surface area contributed by atoms with Gasteiger partial charge in [0.2, 0.25) is 0 Å². The molecule has 84 valence electrons. The van der Waals surface area contributed by atoms with Crippen molar-refractivity contribution in [2.45, 2.75) is 45.4 Å². The van der Waals surface area contributed by atoms with Gasteiger partial charge in [0.15, 0.2) is 0 Å². The van der Waals surface area contributed by atoms with Gasteiger partial charge >= 0.3 is 0 Å². The van der Waals surface area contributed by atoms with Gasteiger partial charge in [-0.2, -0.15) is 0 Å². The SMILES string of the molecule is CCCCOCCCCCCOC=O. The Morgan fingerprint density at radius 3 is 2.21 bits per heavy atom. The van der Waals surface area contributed by atoms with Crippen molar-refractivity contribution in [1.82, 2.24) is 0 Å². The van der Waals surface area contributed by atoms with E-state index >= 15 is 0 Å². The van der Waals surface area contributed by atoms with Gasteiger partial charge in [0.1, 0.15) is 0 Å². The molecule has 3 heteroatoms. The predicted molar refractivity (Wildman–Crippen MR) is 56.2 cm³/mol. The quantitative estimate of drug-likeness (QED) is 0.381. The summed E-state index contributed by atoms with van der Waals surface area (Å²) < 4.78 is 10.00. The number of ether oxygens (including phenoxy) is 2. The van der Waals surface area contributed by atoms with Crippen LogP contribution in [-0.4, -0.2) is 26.3 Å². The van der Waals surface area contributed by atoms with Gasteiger partial charge in [-0.3, -0.25) is 4.79 Å². The first-order valence-corrected chi connectivity index (χ1v) is 5.54. The van der Waals surface area contributed by atoms with Gasteiger partial charge in [0, 0.05) is 13.2 Å². The molecule has 0 atom stereocenters. The zero-order valence-corrected chi connectivity index (χ0v) is 9.17. The van der Waals surface area contributed by atoms with Crippen molar-refractivity contribution in [1.29, 1.82) is 0 Å². The van der Waals surface area contributed by atoms with Crippen LogP contribution in [0.25, 0.3) is 0 Å². The van der Waals surface area contributed by atoms with Crippen LogP contribution in [0.1, 0.15) is 45.4 Å². The molecule has 0 aliphatic carbocycles. The zero-order chi connectivity index (χ0) is 10.5. The van der Waals surface area contributed by atoms with Crippen molar-refractivity contribution >= 4 is 6.47 Å². The van der Waals surface area contributed by atoms with E-state index in [1.807, 2.05) is 0 Å². The minimum atomic E-state index is 0.508. The van der Waals surface area contributed by atoms with Crippen molar-refractivity contribution in [3.8, 4) is 0 Å². The van der Waals surface area contributed by atoms with Gasteiger partial charge in [-0.1, -0.05) is 19.8 Å². The van der Waals surface area contributed by atoms with E-state index in [9.17, 15) is 4.79 Å². The van der Waals surface area contributed by atoms with Crippen molar-refractivity contribution in [2.24, 2.45) is 0 Å². The van der Waals surface area contributed by atoms with E-state index < -0.39 is 0 Å². The topological polar surface area (TPSA) is 35.5 Å². The first kappa shape index (κ1) is 13.4. The minimum Gasteiger partial charge on any atom is -0.468 e. The molecule has 0 aromatic heterocycles. The lowest BCUT2D eigenvalue weighted by molar-refractivity contribution is -0.128. The maximum absolute atomic E-state index is 9.80. The molecule has 0 aliphatic heterocycles. The van der Waals surface area contributed by atoms with Crippen LogP contribution in [0.3, 0.4) is 0 Å². The molecule has 0 bridgehead atoms. The highest BCUT2D eigenvalue weighted by atomic mass is 16.5. The third-order valence-electron chi connectivity index (χ3n) is 2.01. The summed E-state index contributed by atoms with van der Waals surface area (Å²) in [6, 6.07) is 0. The highest BCUT2D eigenvalue weighted by molar-refractivity contribution is 5.36. The van der Waals surface area contributed by atoms with Gasteiger partial charge in [-0.25, -0.2) is 0 Å². The lowest BCUT2D eigenvalue weighted by Crippen LogP contribution is -1.97. The molecule has 0 fully saturated rings. The lowest BCUT2D eigenvalue weighted by atomic mass is 10.2. The third kappa shape index (κ3) is 11.4. The van der Waals surface area contributed by atoms with E-state index in [2.05, 4.69) is 11.7 Å². The molecule has 14 heavy (non-hydrogen) atoms. The Kier molecular flexibility index (Phi) is 11.9. The number of hydrogen-bond acceptors (Lipinski definition) is 3. The molecule has 0 amide bonds. The number of carbonyl (C=O) groups excluding carboxylic acids is 1. The largest absolute Gasteiger partial charge is 0.468 e. The number of carbonyl (C=O) groups is 1. The average Bonchev–Trinajstić information content (AvgIpc) is 2.21. The Labute approximate surface area is 86.8 Å². The van der Waals surface area contributed by atoms with Crippen LogP contribution in [-0.2, 0) is 14.3 Å². The summed E-state index contributed by atoms with van der Waals surface area (Å²) in [5.74, 6) is 0. The van der Waals surface area contributed by atoms with Crippen LogP contribution >= 0.6 is 0 Å². The summed E-state index contributed by atoms with van der Waals surface area (Å²) in [5, 5.41) is 0. The van der Waals surface area contributed by atoms with Crippen molar-refractivity contribution in [2.75, 3.05) is 19.8 Å². The first-order valence-electron chi connectivity index (χ1n) is 5.54. The summed E-state index contributed by atoms with van der Waals surface area (Å²) in [6.45, 7) is 4.99. The molecule has 0 aromatic carbocycles. The highest BCUT2D eigenvalue weighted by Crippen LogP contribution is 2.00. The molecule has 0 rings (SSSR count). The molecule has 0 heterocycles. The highest BCUT2D eigenvalue weighted by Gasteiger charge is 1.91. The number of unbranched alkanes of at least 4 members (excludes halogenated alkanes) is 4. The second-order valence-electron chi connectivity index (χ2n) is 3.35. The van der Waals surface area contributed by atoms with Crippen LogP contribution in [0, 0.1) is 0 Å². The number of hydrogen-bond donors (Lipinski definition) is 0. The predicted octanol–water partition coefficient (Wildman–Crippen LogP) is 2.54. The Morgan fingerprint density at radius 1 is 0.929 bits per heavy atom. The fraction of sp³-hybridized carbons (Fsp3) is 0.909. The molecule has 0 N–H and O–H groups in total. The Morgan fingerprint density at radius 2 is 1.57 bits per heavy atom. The summed E-state index contributed by atoms with van der Waals surface area (Å²) in [5.41, 5.74) is 0. The Hall–Kier alpha value is -0.570. The van der Waals surface area contributed by atoms with Gasteiger partial charge in [0.25, 0.3) is 6.47 Å². The Bertz CT molecular complexity index is 115. The van der Waals surface area contributed by atoms with Crippen LogP contribution in [0.15, 0.2) is 0 Å². The maximum atomic E-state index is 9.80. The molecule has 0 saturated heterocycles. The van der Waals surface area contributed by atoms with Crippen LogP contribution in [0.2, 0.25) is 0 Å². The summed E-state index contributed by atoms with van der Waals surface area (Å²) >= 11 is 0.